The third-order valence-corrected chi connectivity index (χ3v) is 3.73. The minimum Gasteiger partial charge on any atom is -0.248 e. The van der Waals surface area contributed by atoms with Crippen molar-refractivity contribution in [3.05, 3.63) is 0 Å². The van der Waals surface area contributed by atoms with Gasteiger partial charge in [-0.25, -0.2) is 4.58 Å². The summed E-state index contributed by atoms with van der Waals surface area (Å²) < 4.78 is 2.22. The fourth-order valence-electron chi connectivity index (χ4n) is 0.516. The molecule has 0 aliphatic heterocycles. The van der Waals surface area contributed by atoms with Gasteiger partial charge in [-0.05, 0) is 0 Å². The molecule has 1 nitrogen and oxygen atoms in total. The van der Waals surface area contributed by atoms with Gasteiger partial charge in [0, 0.05) is 6.92 Å². The molecule has 0 aromatic carbocycles. The Hall–Kier alpha value is -0.113. The van der Waals surface area contributed by atoms with Crippen LogP contribution in [0.4, 0.5) is 0 Å². The van der Waals surface area contributed by atoms with E-state index in [0.29, 0.717) is 0 Å². The molecule has 0 unspecified atom stereocenters. The molecule has 0 heterocycles. The lowest BCUT2D eigenvalue weighted by Crippen LogP contribution is -2.23. The zero-order chi connectivity index (χ0) is 6.73. The molecule has 0 N–H and O–H groups in total. The minimum absolute atomic E-state index is 0.480. The van der Waals surface area contributed by atoms with Crippen molar-refractivity contribution in [2.24, 2.45) is 0 Å². The molecule has 0 radical (unpaired) electrons. The average molecular weight is 130 g/mol. The molecule has 0 saturated carbocycles. The monoisotopic (exact) mass is 130 g/mol. The number of hydrogen-bond acceptors (Lipinski definition) is 0. The molecule has 0 aromatic rings. The Balaban J connectivity index is 4.00. The molecule has 0 atom stereocenters. The van der Waals surface area contributed by atoms with E-state index in [4.69, 9.17) is 0 Å². The molecule has 0 bridgehead atoms. The highest BCUT2D eigenvalue weighted by Gasteiger charge is 2.05. The summed E-state index contributed by atoms with van der Waals surface area (Å²) in [6.45, 7) is 6.90. The van der Waals surface area contributed by atoms with Crippen LogP contribution in [0.5, 0.6) is 0 Å². The first-order valence-electron chi connectivity index (χ1n) is 3.06. The topological polar surface area (TPSA) is 3.01 Å². The zero-order valence-electron chi connectivity index (χ0n) is 6.52. The highest BCUT2D eigenvalue weighted by molar-refractivity contribution is 6.88. The lowest BCUT2D eigenvalue weighted by molar-refractivity contribution is -0.462. The van der Waals surface area contributed by atoms with Gasteiger partial charge in [-0.1, -0.05) is 13.1 Å². The van der Waals surface area contributed by atoms with E-state index in [1.165, 1.54) is 0 Å². The molecule has 0 rings (SSSR count). The van der Waals surface area contributed by atoms with E-state index >= 15 is 0 Å². The number of nitrogens with zero attached hydrogens (tertiary/aromatic N) is 1. The second-order valence-electron chi connectivity index (χ2n) is 2.69. The highest BCUT2D eigenvalue weighted by atomic mass is 28.3. The van der Waals surface area contributed by atoms with Crippen molar-refractivity contribution in [3.8, 4) is 0 Å². The molecule has 0 aliphatic carbocycles. The van der Waals surface area contributed by atoms with E-state index in [1.54, 1.807) is 5.33 Å². The van der Waals surface area contributed by atoms with Crippen molar-refractivity contribution in [1.29, 1.82) is 0 Å². The Kier molecular flexibility index (Phi) is 2.98. The van der Waals surface area contributed by atoms with Crippen LogP contribution < -0.4 is 0 Å². The van der Waals surface area contributed by atoms with E-state index in [2.05, 4.69) is 38.7 Å². The second-order valence-corrected chi connectivity index (χ2v) is 5.84. The largest absolute Gasteiger partial charge is 0.248 e. The fourth-order valence-corrected chi connectivity index (χ4v) is 1.55. The second kappa shape index (κ2) is 3.02. The summed E-state index contributed by atoms with van der Waals surface area (Å²) in [7, 11) is 3.75. The molecule has 2 heteroatoms. The van der Waals surface area contributed by atoms with Crippen LogP contribution in [0, 0.1) is 0 Å². The number of hydrogen-bond donors (Lipinski definition) is 0. The zero-order valence-corrected chi connectivity index (χ0v) is 7.68. The summed E-state index contributed by atoms with van der Waals surface area (Å²) in [5.41, 5.74) is 0. The predicted octanol–water partition coefficient (Wildman–Crippen LogP) is 0.745. The van der Waals surface area contributed by atoms with Gasteiger partial charge >= 0.3 is 0 Å². The van der Waals surface area contributed by atoms with Gasteiger partial charge in [0.15, 0.2) is 0 Å². The fraction of sp³-hybridized carbons (Fsp3) is 0.833. The van der Waals surface area contributed by atoms with Crippen LogP contribution in [0.15, 0.2) is 0 Å². The van der Waals surface area contributed by atoms with Crippen molar-refractivity contribution < 1.29 is 4.58 Å². The summed E-state index contributed by atoms with van der Waals surface area (Å²) in [6, 6.07) is 0. The van der Waals surface area contributed by atoms with Crippen LogP contribution in [-0.2, 0) is 0 Å². The standard InChI is InChI=1S/C6H16NSi/c1-6(7(2)3)8(4)5/h8H,1-5H3/q+1. The van der Waals surface area contributed by atoms with E-state index < -0.39 is 8.80 Å². The van der Waals surface area contributed by atoms with Crippen LogP contribution in [0.1, 0.15) is 6.92 Å². The molecule has 0 aromatic heterocycles. The first-order valence-corrected chi connectivity index (χ1v) is 5.95. The summed E-state index contributed by atoms with van der Waals surface area (Å²) in [6.07, 6.45) is 0. The molecule has 0 fully saturated rings. The molecule has 48 valence electrons. The van der Waals surface area contributed by atoms with Crippen molar-refractivity contribution >= 4 is 14.1 Å². The van der Waals surface area contributed by atoms with Crippen molar-refractivity contribution in [3.63, 3.8) is 0 Å². The van der Waals surface area contributed by atoms with Gasteiger partial charge in [0.2, 0.25) is 0 Å². The Morgan fingerprint density at radius 2 is 1.62 bits per heavy atom. The van der Waals surface area contributed by atoms with Crippen molar-refractivity contribution in [1.82, 2.24) is 0 Å². The van der Waals surface area contributed by atoms with Gasteiger partial charge in [-0.15, -0.1) is 0 Å². The molecule has 0 saturated heterocycles. The predicted molar refractivity (Wildman–Crippen MR) is 41.7 cm³/mol. The molecular formula is C6H16NSi+. The normalized spacial score (nSPS) is 9.75. The van der Waals surface area contributed by atoms with Crippen LogP contribution in [0.25, 0.3) is 0 Å². The van der Waals surface area contributed by atoms with Crippen molar-refractivity contribution in [2.45, 2.75) is 20.0 Å². The Labute approximate surface area is 53.6 Å². The average Bonchev–Trinajstić information content (AvgIpc) is 1.64. The van der Waals surface area contributed by atoms with Gasteiger partial charge in [-0.3, -0.25) is 0 Å². The lowest BCUT2D eigenvalue weighted by atomic mass is 10.8. The molecule has 8 heavy (non-hydrogen) atoms. The lowest BCUT2D eigenvalue weighted by Gasteiger charge is -1.97. The quantitative estimate of drug-likeness (QED) is 0.280. The van der Waals surface area contributed by atoms with Gasteiger partial charge < -0.3 is 0 Å². The van der Waals surface area contributed by atoms with Gasteiger partial charge in [-0.2, -0.15) is 0 Å². The summed E-state index contributed by atoms with van der Waals surface area (Å²) in [5.74, 6) is 0. The van der Waals surface area contributed by atoms with Crippen LogP contribution >= 0.6 is 0 Å². The smallest absolute Gasteiger partial charge is 0.140 e. The van der Waals surface area contributed by atoms with Gasteiger partial charge in [0.05, 0.1) is 0 Å². The van der Waals surface area contributed by atoms with E-state index in [-0.39, 0.29) is 0 Å². The maximum Gasteiger partial charge on any atom is 0.140 e. The van der Waals surface area contributed by atoms with Crippen LogP contribution in [-0.4, -0.2) is 32.8 Å². The minimum atomic E-state index is -0.480. The highest BCUT2D eigenvalue weighted by Crippen LogP contribution is 1.82. The summed E-state index contributed by atoms with van der Waals surface area (Å²) in [4.78, 5) is 0. The van der Waals surface area contributed by atoms with Crippen LogP contribution in [0.2, 0.25) is 13.1 Å². The molecular weight excluding hydrogens is 114 g/mol. The van der Waals surface area contributed by atoms with Gasteiger partial charge in [0.25, 0.3) is 0 Å². The summed E-state index contributed by atoms with van der Waals surface area (Å²) >= 11 is 0. The van der Waals surface area contributed by atoms with E-state index in [9.17, 15) is 0 Å². The molecule has 0 amide bonds. The first kappa shape index (κ1) is 7.89. The third kappa shape index (κ3) is 2.26. The van der Waals surface area contributed by atoms with E-state index in [1.807, 2.05) is 0 Å². The Morgan fingerprint density at radius 1 is 1.25 bits per heavy atom. The van der Waals surface area contributed by atoms with Gasteiger partial charge in [0.1, 0.15) is 28.2 Å². The maximum atomic E-state index is 2.34. The first-order chi connectivity index (χ1) is 3.55. The third-order valence-electron chi connectivity index (χ3n) is 1.54. The van der Waals surface area contributed by atoms with Crippen molar-refractivity contribution in [2.75, 3.05) is 14.1 Å². The maximum absolute atomic E-state index is 2.34. The Morgan fingerprint density at radius 3 is 1.62 bits per heavy atom. The molecule has 0 aliphatic rings. The summed E-state index contributed by atoms with van der Waals surface area (Å²) in [5, 5.41) is 1.57. The molecule has 0 spiro atoms. The SMILES string of the molecule is CC(=[N+](C)C)[SiH](C)C. The number of rotatable bonds is 1. The Bertz CT molecular complexity index is 101. The van der Waals surface area contributed by atoms with E-state index in [0.717, 1.165) is 0 Å². The van der Waals surface area contributed by atoms with Crippen LogP contribution in [0.3, 0.4) is 0 Å².